The van der Waals surface area contributed by atoms with Crippen molar-refractivity contribution in [2.24, 2.45) is 0 Å². The van der Waals surface area contributed by atoms with E-state index >= 15 is 0 Å². The minimum atomic E-state index is 0.302. The van der Waals surface area contributed by atoms with Crippen LogP contribution in [0.25, 0.3) is 22.0 Å². The molecule has 3 heteroatoms. The average Bonchev–Trinajstić information content (AvgIpc) is 3.12. The summed E-state index contributed by atoms with van der Waals surface area (Å²) in [5.41, 5.74) is 7.65. The molecule has 0 spiro atoms. The molecule has 3 nitrogen and oxygen atoms in total. The highest BCUT2D eigenvalue weighted by molar-refractivity contribution is 5.89. The molecule has 0 amide bonds. The SMILES string of the molecule is Oc1ccc(-c2ccc3[nH]c4c(c3c2)CCCC4NCc2ccccc2)cc1. The fraction of sp³-hybridized carbons (Fsp3) is 0.200. The third-order valence-electron chi connectivity index (χ3n) is 5.80. The highest BCUT2D eigenvalue weighted by Crippen LogP contribution is 2.36. The first-order chi connectivity index (χ1) is 13.8. The van der Waals surface area contributed by atoms with Crippen LogP contribution in [0, 0.1) is 0 Å². The van der Waals surface area contributed by atoms with Crippen LogP contribution in [-0.2, 0) is 13.0 Å². The van der Waals surface area contributed by atoms with Crippen molar-refractivity contribution in [2.75, 3.05) is 0 Å². The third kappa shape index (κ3) is 3.19. The Morgan fingerprint density at radius 3 is 2.54 bits per heavy atom. The van der Waals surface area contributed by atoms with Crippen LogP contribution < -0.4 is 5.32 Å². The summed E-state index contributed by atoms with van der Waals surface area (Å²) in [6.07, 6.45) is 3.49. The van der Waals surface area contributed by atoms with Crippen molar-refractivity contribution >= 4 is 10.9 Å². The van der Waals surface area contributed by atoms with E-state index in [1.54, 1.807) is 12.1 Å². The normalized spacial score (nSPS) is 16.2. The summed E-state index contributed by atoms with van der Waals surface area (Å²) in [6.45, 7) is 0.888. The van der Waals surface area contributed by atoms with Crippen LogP contribution in [0.1, 0.15) is 35.7 Å². The number of aromatic hydroxyl groups is 1. The van der Waals surface area contributed by atoms with E-state index in [1.165, 1.54) is 39.7 Å². The second-order valence-corrected chi connectivity index (χ2v) is 7.64. The summed E-state index contributed by atoms with van der Waals surface area (Å²) in [4.78, 5) is 3.69. The molecule has 0 aliphatic heterocycles. The summed E-state index contributed by atoms with van der Waals surface area (Å²) < 4.78 is 0. The summed E-state index contributed by atoms with van der Waals surface area (Å²) in [7, 11) is 0. The van der Waals surface area contributed by atoms with E-state index in [0.717, 1.165) is 24.9 Å². The number of fused-ring (bicyclic) bond motifs is 3. The maximum absolute atomic E-state index is 9.55. The molecular weight excluding hydrogens is 344 g/mol. The van der Waals surface area contributed by atoms with Crippen LogP contribution in [0.5, 0.6) is 5.75 Å². The smallest absolute Gasteiger partial charge is 0.115 e. The van der Waals surface area contributed by atoms with E-state index in [9.17, 15) is 5.11 Å². The first kappa shape index (κ1) is 17.1. The highest BCUT2D eigenvalue weighted by Gasteiger charge is 2.24. The van der Waals surface area contributed by atoms with Crippen molar-refractivity contribution < 1.29 is 5.11 Å². The second kappa shape index (κ2) is 7.17. The van der Waals surface area contributed by atoms with E-state index in [2.05, 4.69) is 58.8 Å². The molecule has 5 rings (SSSR count). The molecular formula is C25H24N2O. The van der Waals surface area contributed by atoms with Gasteiger partial charge in [0.2, 0.25) is 0 Å². The molecule has 0 saturated heterocycles. The van der Waals surface area contributed by atoms with Gasteiger partial charge in [0.25, 0.3) is 0 Å². The first-order valence-electron chi connectivity index (χ1n) is 9.99. The van der Waals surface area contributed by atoms with Gasteiger partial charge in [-0.25, -0.2) is 0 Å². The number of nitrogens with one attached hydrogen (secondary N) is 2. The zero-order valence-corrected chi connectivity index (χ0v) is 15.8. The van der Waals surface area contributed by atoms with Crippen LogP contribution in [0.3, 0.4) is 0 Å². The Labute approximate surface area is 165 Å². The van der Waals surface area contributed by atoms with Crippen LogP contribution >= 0.6 is 0 Å². The number of phenolic OH excluding ortho intramolecular Hbond substituents is 1. The fourth-order valence-electron chi connectivity index (χ4n) is 4.34. The average molecular weight is 368 g/mol. The molecule has 1 heterocycles. The Kier molecular flexibility index (Phi) is 4.38. The maximum Gasteiger partial charge on any atom is 0.115 e. The Hall–Kier alpha value is -3.04. The van der Waals surface area contributed by atoms with E-state index in [4.69, 9.17) is 0 Å². The lowest BCUT2D eigenvalue weighted by Gasteiger charge is -2.24. The highest BCUT2D eigenvalue weighted by atomic mass is 16.3. The molecule has 0 fully saturated rings. The summed E-state index contributed by atoms with van der Waals surface area (Å²) in [5.74, 6) is 0.302. The number of aromatic amines is 1. The van der Waals surface area contributed by atoms with E-state index < -0.39 is 0 Å². The van der Waals surface area contributed by atoms with Gasteiger partial charge in [0.1, 0.15) is 5.75 Å². The molecule has 28 heavy (non-hydrogen) atoms. The second-order valence-electron chi connectivity index (χ2n) is 7.64. The van der Waals surface area contributed by atoms with Gasteiger partial charge in [-0.2, -0.15) is 0 Å². The van der Waals surface area contributed by atoms with Gasteiger partial charge in [0.05, 0.1) is 0 Å². The number of H-pyrrole nitrogens is 1. The van der Waals surface area contributed by atoms with Gasteiger partial charge in [-0.05, 0) is 65.8 Å². The molecule has 4 aromatic rings. The molecule has 1 aliphatic carbocycles. The van der Waals surface area contributed by atoms with E-state index in [-0.39, 0.29) is 0 Å². The lowest BCUT2D eigenvalue weighted by atomic mass is 9.91. The zero-order chi connectivity index (χ0) is 18.9. The molecule has 1 unspecified atom stereocenters. The predicted octanol–water partition coefficient (Wildman–Crippen LogP) is 5.71. The number of aryl methyl sites for hydroxylation is 1. The molecule has 3 N–H and O–H groups in total. The minimum Gasteiger partial charge on any atom is -0.508 e. The molecule has 140 valence electrons. The number of benzene rings is 3. The maximum atomic E-state index is 9.55. The Morgan fingerprint density at radius 1 is 0.929 bits per heavy atom. The number of phenols is 1. The Balaban J connectivity index is 1.47. The standard InChI is InChI=1S/C25H24N2O/c28-20-12-9-18(10-13-20)19-11-14-23-22(15-19)21-7-4-8-24(25(21)27-23)26-16-17-5-2-1-3-6-17/h1-3,5-6,9-15,24,26-28H,4,7-8,16H2. The quantitative estimate of drug-likeness (QED) is 0.432. The molecule has 3 aromatic carbocycles. The molecule has 1 atom stereocenters. The number of hydrogen-bond donors (Lipinski definition) is 3. The monoisotopic (exact) mass is 368 g/mol. The summed E-state index contributed by atoms with van der Waals surface area (Å²) in [5, 5.41) is 14.6. The fourth-order valence-corrected chi connectivity index (χ4v) is 4.34. The van der Waals surface area contributed by atoms with Gasteiger partial charge in [0, 0.05) is 29.2 Å². The van der Waals surface area contributed by atoms with Crippen LogP contribution in [0.4, 0.5) is 0 Å². The van der Waals surface area contributed by atoms with Gasteiger partial charge in [-0.1, -0.05) is 48.5 Å². The predicted molar refractivity (Wildman–Crippen MR) is 114 cm³/mol. The Morgan fingerprint density at radius 2 is 1.71 bits per heavy atom. The van der Waals surface area contributed by atoms with Gasteiger partial charge in [-0.15, -0.1) is 0 Å². The van der Waals surface area contributed by atoms with Crippen molar-refractivity contribution in [3.63, 3.8) is 0 Å². The summed E-state index contributed by atoms with van der Waals surface area (Å²) >= 11 is 0. The lowest BCUT2D eigenvalue weighted by Crippen LogP contribution is -2.24. The topological polar surface area (TPSA) is 48.0 Å². The van der Waals surface area contributed by atoms with Crippen LogP contribution in [0.15, 0.2) is 72.8 Å². The summed E-state index contributed by atoms with van der Waals surface area (Å²) in [6, 6.07) is 25.0. The van der Waals surface area contributed by atoms with Gasteiger partial charge in [0.15, 0.2) is 0 Å². The van der Waals surface area contributed by atoms with Crippen molar-refractivity contribution in [1.29, 1.82) is 0 Å². The van der Waals surface area contributed by atoms with E-state index in [1.807, 2.05) is 12.1 Å². The zero-order valence-electron chi connectivity index (χ0n) is 15.8. The molecule has 1 aliphatic rings. The number of aromatic nitrogens is 1. The van der Waals surface area contributed by atoms with Gasteiger partial charge in [-0.3, -0.25) is 0 Å². The number of hydrogen-bond acceptors (Lipinski definition) is 2. The third-order valence-corrected chi connectivity index (χ3v) is 5.80. The van der Waals surface area contributed by atoms with Crippen molar-refractivity contribution in [3.8, 4) is 16.9 Å². The van der Waals surface area contributed by atoms with Crippen molar-refractivity contribution in [2.45, 2.75) is 31.8 Å². The number of rotatable bonds is 4. The van der Waals surface area contributed by atoms with Crippen molar-refractivity contribution in [3.05, 3.63) is 89.6 Å². The van der Waals surface area contributed by atoms with Crippen LogP contribution in [0.2, 0.25) is 0 Å². The first-order valence-corrected chi connectivity index (χ1v) is 9.99. The van der Waals surface area contributed by atoms with Gasteiger partial charge >= 0.3 is 0 Å². The molecule has 0 saturated carbocycles. The van der Waals surface area contributed by atoms with Gasteiger partial charge < -0.3 is 15.4 Å². The molecule has 0 bridgehead atoms. The van der Waals surface area contributed by atoms with E-state index in [0.29, 0.717) is 11.8 Å². The van der Waals surface area contributed by atoms with Crippen molar-refractivity contribution in [1.82, 2.24) is 10.3 Å². The Bertz CT molecular complexity index is 1100. The lowest BCUT2D eigenvalue weighted by molar-refractivity contribution is 0.452. The van der Waals surface area contributed by atoms with Crippen LogP contribution in [-0.4, -0.2) is 10.1 Å². The molecule has 1 aromatic heterocycles. The largest absolute Gasteiger partial charge is 0.508 e. The molecule has 0 radical (unpaired) electrons. The minimum absolute atomic E-state index is 0.302.